The average molecular weight is 313 g/mol. The lowest BCUT2D eigenvalue weighted by Crippen LogP contribution is -2.05. The normalized spacial score (nSPS) is 11.2. The first-order chi connectivity index (χ1) is 11.0. The van der Waals surface area contributed by atoms with Crippen LogP contribution in [-0.2, 0) is 6.18 Å². The predicted molar refractivity (Wildman–Crippen MR) is 72.9 cm³/mol. The van der Waals surface area contributed by atoms with Gasteiger partial charge in [0.05, 0.1) is 11.3 Å². The van der Waals surface area contributed by atoms with Gasteiger partial charge < -0.3 is 0 Å². The van der Waals surface area contributed by atoms with Gasteiger partial charge in [-0.25, -0.2) is 9.50 Å². The topological polar surface area (TPSA) is 77.8 Å². The Balaban J connectivity index is 2.28. The third-order valence-corrected chi connectivity index (χ3v) is 3.22. The minimum atomic E-state index is -4.47. The third kappa shape index (κ3) is 2.36. The number of alkyl halides is 3. The summed E-state index contributed by atoms with van der Waals surface area (Å²) in [4.78, 5) is 3.98. The molecular weight excluding hydrogens is 307 g/mol. The Labute approximate surface area is 127 Å². The van der Waals surface area contributed by atoms with E-state index in [1.54, 1.807) is 6.07 Å². The molecule has 0 spiro atoms. The van der Waals surface area contributed by atoms with Gasteiger partial charge in [0.1, 0.15) is 17.7 Å². The lowest BCUT2D eigenvalue weighted by Gasteiger charge is -2.09. The number of aromatic nitrogens is 3. The number of nitrogens with zero attached hydrogens (tertiary/aromatic N) is 5. The zero-order valence-corrected chi connectivity index (χ0v) is 11.3. The molecule has 0 amide bonds. The first-order valence-corrected chi connectivity index (χ1v) is 6.31. The SMILES string of the molecule is N#Cc1nn2c(-c3cccc(C(F)(F)F)c3)ccnc2c1C#N. The summed E-state index contributed by atoms with van der Waals surface area (Å²) in [5, 5.41) is 22.1. The van der Waals surface area contributed by atoms with Crippen molar-refractivity contribution in [2.45, 2.75) is 6.18 Å². The standard InChI is InChI=1S/C15H6F3N5/c16-15(17,18)10-3-1-2-9(6-10)13-4-5-21-14-11(7-19)12(8-20)22-23(13)14/h1-6H. The second-order valence-corrected chi connectivity index (χ2v) is 4.59. The molecule has 2 aromatic heterocycles. The zero-order valence-electron chi connectivity index (χ0n) is 11.3. The van der Waals surface area contributed by atoms with E-state index in [1.165, 1.54) is 28.9 Å². The van der Waals surface area contributed by atoms with Crippen molar-refractivity contribution in [3.8, 4) is 23.4 Å². The molecule has 23 heavy (non-hydrogen) atoms. The van der Waals surface area contributed by atoms with Crippen molar-refractivity contribution in [2.24, 2.45) is 0 Å². The van der Waals surface area contributed by atoms with Crippen molar-refractivity contribution in [2.75, 3.05) is 0 Å². The molecule has 2 heterocycles. The molecule has 0 saturated carbocycles. The molecule has 0 atom stereocenters. The summed E-state index contributed by atoms with van der Waals surface area (Å²) < 4.78 is 39.8. The molecule has 8 heteroatoms. The van der Waals surface area contributed by atoms with Crippen LogP contribution in [0.1, 0.15) is 16.8 Å². The van der Waals surface area contributed by atoms with Crippen molar-refractivity contribution in [1.29, 1.82) is 10.5 Å². The largest absolute Gasteiger partial charge is 0.416 e. The summed E-state index contributed by atoms with van der Waals surface area (Å²) >= 11 is 0. The maximum absolute atomic E-state index is 12.9. The summed E-state index contributed by atoms with van der Waals surface area (Å²) in [6.45, 7) is 0. The van der Waals surface area contributed by atoms with Crippen LogP contribution in [0.15, 0.2) is 36.5 Å². The second-order valence-electron chi connectivity index (χ2n) is 4.59. The highest BCUT2D eigenvalue weighted by atomic mass is 19.4. The van der Waals surface area contributed by atoms with Crippen LogP contribution in [0.5, 0.6) is 0 Å². The van der Waals surface area contributed by atoms with Crippen LogP contribution in [-0.4, -0.2) is 14.6 Å². The highest BCUT2D eigenvalue weighted by Crippen LogP contribution is 2.32. The van der Waals surface area contributed by atoms with Gasteiger partial charge in [-0.15, -0.1) is 0 Å². The molecule has 0 radical (unpaired) electrons. The maximum Gasteiger partial charge on any atom is 0.416 e. The summed E-state index contributed by atoms with van der Waals surface area (Å²) in [6, 6.07) is 9.80. The Kier molecular flexibility index (Phi) is 3.23. The minimum absolute atomic E-state index is 0.0127. The van der Waals surface area contributed by atoms with Crippen LogP contribution in [0, 0.1) is 22.7 Å². The van der Waals surface area contributed by atoms with Gasteiger partial charge in [-0.3, -0.25) is 0 Å². The summed E-state index contributed by atoms with van der Waals surface area (Å²) in [7, 11) is 0. The van der Waals surface area contributed by atoms with E-state index in [1.807, 2.05) is 6.07 Å². The van der Waals surface area contributed by atoms with Crippen LogP contribution in [0.4, 0.5) is 13.2 Å². The van der Waals surface area contributed by atoms with Gasteiger partial charge in [0.25, 0.3) is 0 Å². The first-order valence-electron chi connectivity index (χ1n) is 6.31. The minimum Gasteiger partial charge on any atom is -0.236 e. The Bertz CT molecular complexity index is 989. The molecule has 1 aromatic carbocycles. The molecule has 0 saturated heterocycles. The van der Waals surface area contributed by atoms with Crippen molar-refractivity contribution >= 4 is 5.65 Å². The van der Waals surface area contributed by atoms with Gasteiger partial charge in [-0.2, -0.15) is 28.8 Å². The molecule has 0 aliphatic rings. The van der Waals surface area contributed by atoms with Gasteiger partial charge in [-0.1, -0.05) is 12.1 Å². The quantitative estimate of drug-likeness (QED) is 0.691. The molecule has 3 aromatic rings. The Morgan fingerprint density at radius 3 is 2.52 bits per heavy atom. The third-order valence-electron chi connectivity index (χ3n) is 3.22. The van der Waals surface area contributed by atoms with E-state index in [-0.39, 0.29) is 22.5 Å². The number of fused-ring (bicyclic) bond motifs is 1. The van der Waals surface area contributed by atoms with Crippen LogP contribution in [0.25, 0.3) is 16.9 Å². The lowest BCUT2D eigenvalue weighted by atomic mass is 10.1. The highest BCUT2D eigenvalue weighted by Gasteiger charge is 2.30. The number of rotatable bonds is 1. The van der Waals surface area contributed by atoms with E-state index in [2.05, 4.69) is 10.1 Å². The lowest BCUT2D eigenvalue weighted by molar-refractivity contribution is -0.137. The van der Waals surface area contributed by atoms with Crippen LogP contribution >= 0.6 is 0 Å². The molecule has 112 valence electrons. The van der Waals surface area contributed by atoms with Crippen molar-refractivity contribution in [3.05, 3.63) is 53.3 Å². The number of nitriles is 2. The van der Waals surface area contributed by atoms with Crippen molar-refractivity contribution < 1.29 is 13.2 Å². The van der Waals surface area contributed by atoms with Crippen molar-refractivity contribution in [3.63, 3.8) is 0 Å². The maximum atomic E-state index is 12.9. The first kappa shape index (κ1) is 14.5. The molecule has 5 nitrogen and oxygen atoms in total. The fourth-order valence-corrected chi connectivity index (χ4v) is 2.20. The van der Waals surface area contributed by atoms with E-state index in [0.29, 0.717) is 5.69 Å². The van der Waals surface area contributed by atoms with Gasteiger partial charge >= 0.3 is 6.18 Å². The van der Waals surface area contributed by atoms with Gasteiger partial charge in [0.2, 0.25) is 0 Å². The predicted octanol–water partition coefficient (Wildman–Crippen LogP) is 3.16. The zero-order chi connectivity index (χ0) is 16.6. The fourth-order valence-electron chi connectivity index (χ4n) is 2.20. The van der Waals surface area contributed by atoms with Crippen LogP contribution < -0.4 is 0 Å². The molecule has 3 rings (SSSR count). The molecule has 0 N–H and O–H groups in total. The summed E-state index contributed by atoms with van der Waals surface area (Å²) in [5.74, 6) is 0. The van der Waals surface area contributed by atoms with E-state index in [0.717, 1.165) is 12.1 Å². The molecule has 0 aliphatic carbocycles. The van der Waals surface area contributed by atoms with Gasteiger partial charge in [-0.05, 0) is 18.2 Å². The van der Waals surface area contributed by atoms with Gasteiger partial charge in [0.15, 0.2) is 11.3 Å². The monoisotopic (exact) mass is 313 g/mol. The van der Waals surface area contributed by atoms with Crippen LogP contribution in [0.3, 0.4) is 0 Å². The summed E-state index contributed by atoms with van der Waals surface area (Å²) in [6.07, 6.45) is -3.11. The smallest absolute Gasteiger partial charge is 0.236 e. The Hall–Kier alpha value is -3.39. The Morgan fingerprint density at radius 1 is 1.09 bits per heavy atom. The van der Waals surface area contributed by atoms with Crippen molar-refractivity contribution in [1.82, 2.24) is 14.6 Å². The molecule has 0 fully saturated rings. The van der Waals surface area contributed by atoms with E-state index >= 15 is 0 Å². The Morgan fingerprint density at radius 2 is 1.87 bits per heavy atom. The second kappa shape index (κ2) is 5.11. The average Bonchev–Trinajstić information content (AvgIpc) is 2.91. The molecular formula is C15H6F3N5. The van der Waals surface area contributed by atoms with Crippen LogP contribution in [0.2, 0.25) is 0 Å². The summed E-state index contributed by atoms with van der Waals surface area (Å²) in [5.41, 5.74) is -0.254. The highest BCUT2D eigenvalue weighted by molar-refractivity contribution is 5.68. The number of benzene rings is 1. The van der Waals surface area contributed by atoms with E-state index < -0.39 is 11.7 Å². The van der Waals surface area contributed by atoms with E-state index in [4.69, 9.17) is 10.5 Å². The van der Waals surface area contributed by atoms with Gasteiger partial charge in [0, 0.05) is 11.8 Å². The number of hydrogen-bond acceptors (Lipinski definition) is 4. The van der Waals surface area contributed by atoms with E-state index in [9.17, 15) is 13.2 Å². The molecule has 0 aliphatic heterocycles. The fraction of sp³-hybridized carbons (Fsp3) is 0.0667. The molecule has 0 unspecified atom stereocenters. The number of halogens is 3. The number of hydrogen-bond donors (Lipinski definition) is 0. The molecule has 0 bridgehead atoms.